The zero-order valence-corrected chi connectivity index (χ0v) is 10.6. The van der Waals surface area contributed by atoms with Gasteiger partial charge in [-0.2, -0.15) is 0 Å². The molecule has 0 saturated heterocycles. The maximum absolute atomic E-state index is 11.5. The van der Waals surface area contributed by atoms with Crippen molar-refractivity contribution in [3.05, 3.63) is 26.9 Å². The topological polar surface area (TPSA) is 85.1 Å². The molecular weight excluding hydrogens is 330 g/mol. The molecule has 0 aliphatic heterocycles. The fourth-order valence-corrected chi connectivity index (χ4v) is 1.98. The van der Waals surface area contributed by atoms with Gasteiger partial charge in [0.05, 0.1) is 6.54 Å². The van der Waals surface area contributed by atoms with Crippen molar-refractivity contribution in [1.29, 1.82) is 0 Å². The molecule has 1 aromatic heterocycles. The molecule has 0 atom stereocenters. The fraction of sp³-hybridized carbons (Fsp3) is 0.125. The number of pyridine rings is 1. The summed E-state index contributed by atoms with van der Waals surface area (Å²) in [5.74, 6) is -0.965. The van der Waals surface area contributed by atoms with E-state index < -0.39 is 5.91 Å². The molecule has 1 heterocycles. The normalized spacial score (nSPS) is 9.73. The number of aromatic nitrogens is 1. The number of carbonyl (C=O) groups excluding carboxylic acids is 2. The van der Waals surface area contributed by atoms with Gasteiger partial charge < -0.3 is 11.1 Å². The number of primary amides is 1. The summed E-state index contributed by atoms with van der Waals surface area (Å²) in [6, 6.07) is 3.09. The van der Waals surface area contributed by atoms with Gasteiger partial charge in [0.1, 0.15) is 9.21 Å². The minimum Gasteiger partial charge on any atom is -0.368 e. The Morgan fingerprint density at radius 3 is 2.33 bits per heavy atom. The molecule has 0 spiro atoms. The Balaban J connectivity index is 2.77. The molecule has 0 radical (unpaired) electrons. The summed E-state index contributed by atoms with van der Waals surface area (Å²) in [5, 5.41) is 2.37. The van der Waals surface area contributed by atoms with Crippen LogP contribution in [-0.4, -0.2) is 23.3 Å². The van der Waals surface area contributed by atoms with E-state index in [-0.39, 0.29) is 12.5 Å². The second-order valence-corrected chi connectivity index (χ2v) is 4.28. The lowest BCUT2D eigenvalue weighted by Gasteiger charge is -2.03. The monoisotopic (exact) mass is 335 g/mol. The first-order valence-electron chi connectivity index (χ1n) is 3.88. The van der Waals surface area contributed by atoms with Crippen molar-refractivity contribution in [2.24, 2.45) is 5.73 Å². The van der Waals surface area contributed by atoms with Crippen molar-refractivity contribution in [2.45, 2.75) is 0 Å². The van der Waals surface area contributed by atoms with E-state index in [1.165, 1.54) is 0 Å². The summed E-state index contributed by atoms with van der Waals surface area (Å²) in [6.45, 7) is -0.184. The number of carbonyl (C=O) groups is 2. The summed E-state index contributed by atoms with van der Waals surface area (Å²) >= 11 is 6.30. The van der Waals surface area contributed by atoms with E-state index in [0.717, 1.165) is 0 Å². The molecule has 0 aliphatic rings. The lowest BCUT2D eigenvalue weighted by molar-refractivity contribution is -0.117. The lowest BCUT2D eigenvalue weighted by Crippen LogP contribution is -2.33. The van der Waals surface area contributed by atoms with Gasteiger partial charge in [-0.3, -0.25) is 9.59 Å². The molecule has 7 heteroatoms. The highest BCUT2D eigenvalue weighted by molar-refractivity contribution is 9.11. The molecule has 5 nitrogen and oxygen atoms in total. The van der Waals surface area contributed by atoms with Crippen LogP contribution in [0.2, 0.25) is 0 Å². The van der Waals surface area contributed by atoms with Crippen LogP contribution in [0.5, 0.6) is 0 Å². The van der Waals surface area contributed by atoms with E-state index in [1.807, 2.05) is 0 Å². The van der Waals surface area contributed by atoms with E-state index >= 15 is 0 Å². The van der Waals surface area contributed by atoms with Gasteiger partial charge in [0.2, 0.25) is 5.91 Å². The molecule has 0 saturated carbocycles. The maximum Gasteiger partial charge on any atom is 0.251 e. The van der Waals surface area contributed by atoms with Crippen molar-refractivity contribution >= 4 is 43.7 Å². The Kier molecular flexibility index (Phi) is 4.22. The summed E-state index contributed by atoms with van der Waals surface area (Å²) in [7, 11) is 0. The van der Waals surface area contributed by atoms with E-state index in [0.29, 0.717) is 14.8 Å². The quantitative estimate of drug-likeness (QED) is 0.801. The summed E-state index contributed by atoms with van der Waals surface area (Å²) in [6.07, 6.45) is 0. The average Bonchev–Trinajstić information content (AvgIpc) is 2.12. The van der Waals surface area contributed by atoms with Crippen LogP contribution in [0.1, 0.15) is 10.4 Å². The molecule has 0 unspecified atom stereocenters. The van der Waals surface area contributed by atoms with E-state index in [9.17, 15) is 9.59 Å². The number of amides is 2. The van der Waals surface area contributed by atoms with Crippen molar-refractivity contribution in [1.82, 2.24) is 10.3 Å². The van der Waals surface area contributed by atoms with Crippen LogP contribution in [0, 0.1) is 0 Å². The highest BCUT2D eigenvalue weighted by Gasteiger charge is 2.08. The lowest BCUT2D eigenvalue weighted by atomic mass is 10.2. The first kappa shape index (κ1) is 12.1. The smallest absolute Gasteiger partial charge is 0.251 e. The molecule has 1 rings (SSSR count). The Labute approximate surface area is 103 Å². The van der Waals surface area contributed by atoms with Crippen molar-refractivity contribution in [2.75, 3.05) is 6.54 Å². The average molecular weight is 337 g/mol. The van der Waals surface area contributed by atoms with Gasteiger partial charge in [-0.1, -0.05) is 0 Å². The molecule has 0 aliphatic carbocycles. The maximum atomic E-state index is 11.5. The highest BCUT2D eigenvalue weighted by atomic mass is 79.9. The highest BCUT2D eigenvalue weighted by Crippen LogP contribution is 2.15. The number of nitrogens with two attached hydrogens (primary N) is 1. The molecular formula is C8H7Br2N3O2. The van der Waals surface area contributed by atoms with E-state index in [1.54, 1.807) is 12.1 Å². The van der Waals surface area contributed by atoms with Crippen LogP contribution in [0.25, 0.3) is 0 Å². The Bertz CT molecular complexity index is 389. The van der Waals surface area contributed by atoms with Gasteiger partial charge in [-0.25, -0.2) is 4.98 Å². The second-order valence-electron chi connectivity index (χ2n) is 2.65. The molecule has 80 valence electrons. The molecule has 15 heavy (non-hydrogen) atoms. The first-order chi connectivity index (χ1) is 6.99. The SMILES string of the molecule is NC(=O)CNC(=O)c1cc(Br)nc(Br)c1. The minimum atomic E-state index is -0.587. The second kappa shape index (κ2) is 5.22. The van der Waals surface area contributed by atoms with Crippen molar-refractivity contribution in [3.63, 3.8) is 0 Å². The molecule has 2 amide bonds. The number of halogens is 2. The summed E-state index contributed by atoms with van der Waals surface area (Å²) in [5.41, 5.74) is 5.29. The molecule has 0 fully saturated rings. The summed E-state index contributed by atoms with van der Waals surface area (Å²) in [4.78, 5) is 25.9. The Morgan fingerprint density at radius 2 is 1.87 bits per heavy atom. The molecule has 3 N–H and O–H groups in total. The Hall–Kier alpha value is -0.950. The largest absolute Gasteiger partial charge is 0.368 e. The number of rotatable bonds is 3. The molecule has 0 bridgehead atoms. The van der Waals surface area contributed by atoms with Crippen LogP contribution >= 0.6 is 31.9 Å². The van der Waals surface area contributed by atoms with Gasteiger partial charge in [-0.05, 0) is 44.0 Å². The van der Waals surface area contributed by atoms with Crippen molar-refractivity contribution < 1.29 is 9.59 Å². The van der Waals surface area contributed by atoms with Gasteiger partial charge >= 0.3 is 0 Å². The van der Waals surface area contributed by atoms with Crippen LogP contribution in [0.3, 0.4) is 0 Å². The van der Waals surface area contributed by atoms with Crippen LogP contribution in [-0.2, 0) is 4.79 Å². The zero-order chi connectivity index (χ0) is 11.4. The van der Waals surface area contributed by atoms with Crippen LogP contribution in [0.4, 0.5) is 0 Å². The van der Waals surface area contributed by atoms with Crippen LogP contribution < -0.4 is 11.1 Å². The summed E-state index contributed by atoms with van der Waals surface area (Å²) < 4.78 is 1.06. The number of nitrogens with zero attached hydrogens (tertiary/aromatic N) is 1. The van der Waals surface area contributed by atoms with E-state index in [2.05, 4.69) is 42.2 Å². The van der Waals surface area contributed by atoms with Crippen molar-refractivity contribution in [3.8, 4) is 0 Å². The third kappa shape index (κ3) is 3.96. The zero-order valence-electron chi connectivity index (χ0n) is 7.46. The predicted octanol–water partition coefficient (Wildman–Crippen LogP) is 0.822. The molecule has 0 aromatic carbocycles. The van der Waals surface area contributed by atoms with Gasteiger partial charge in [0.25, 0.3) is 5.91 Å². The number of hydrogen-bond acceptors (Lipinski definition) is 3. The van der Waals surface area contributed by atoms with Gasteiger partial charge in [0.15, 0.2) is 0 Å². The third-order valence-electron chi connectivity index (χ3n) is 1.45. The third-order valence-corrected chi connectivity index (χ3v) is 2.26. The first-order valence-corrected chi connectivity index (χ1v) is 5.47. The predicted molar refractivity (Wildman–Crippen MR) is 61.2 cm³/mol. The fourth-order valence-electron chi connectivity index (χ4n) is 0.865. The standard InChI is InChI=1S/C8H7Br2N3O2/c9-5-1-4(2-6(10)13-5)8(15)12-3-7(11)14/h1-2H,3H2,(H2,11,14)(H,12,15). The Morgan fingerprint density at radius 1 is 1.33 bits per heavy atom. The number of hydrogen-bond donors (Lipinski definition) is 2. The molecule has 1 aromatic rings. The van der Waals surface area contributed by atoms with Gasteiger partial charge in [0, 0.05) is 5.56 Å². The number of nitrogens with one attached hydrogen (secondary N) is 1. The van der Waals surface area contributed by atoms with E-state index in [4.69, 9.17) is 5.73 Å². The minimum absolute atomic E-state index is 0.184. The van der Waals surface area contributed by atoms with Crippen LogP contribution in [0.15, 0.2) is 21.3 Å². The van der Waals surface area contributed by atoms with Gasteiger partial charge in [-0.15, -0.1) is 0 Å².